The second-order valence-electron chi connectivity index (χ2n) is 6.98. The van der Waals surface area contributed by atoms with Gasteiger partial charge in [-0.2, -0.15) is 0 Å². The summed E-state index contributed by atoms with van der Waals surface area (Å²) in [6.07, 6.45) is 0.211. The van der Waals surface area contributed by atoms with Crippen LogP contribution in [0.5, 0.6) is 0 Å². The van der Waals surface area contributed by atoms with Gasteiger partial charge in [0, 0.05) is 11.0 Å². The molecule has 0 unspecified atom stereocenters. The second kappa shape index (κ2) is 12.2. The van der Waals surface area contributed by atoms with E-state index in [1.54, 1.807) is 27.7 Å². The van der Waals surface area contributed by atoms with Crippen LogP contribution in [0.1, 0.15) is 39.7 Å². The van der Waals surface area contributed by atoms with Gasteiger partial charge >= 0.3 is 12.1 Å². The fourth-order valence-corrected chi connectivity index (χ4v) is 2.65. The maximum atomic E-state index is 12.7. The third-order valence-corrected chi connectivity index (χ3v) is 4.25. The van der Waals surface area contributed by atoms with Crippen LogP contribution >= 0.6 is 22.6 Å². The van der Waals surface area contributed by atoms with Crippen molar-refractivity contribution in [3.8, 4) is 0 Å². The van der Waals surface area contributed by atoms with E-state index in [2.05, 4.69) is 22.6 Å². The van der Waals surface area contributed by atoms with E-state index in [0.29, 0.717) is 13.2 Å². The van der Waals surface area contributed by atoms with E-state index in [1.165, 1.54) is 4.90 Å². The second-order valence-corrected chi connectivity index (χ2v) is 8.06. The van der Waals surface area contributed by atoms with Crippen LogP contribution in [0.15, 0.2) is 30.3 Å². The van der Waals surface area contributed by atoms with Crippen molar-refractivity contribution in [3.05, 3.63) is 35.9 Å². The number of hydrogen-bond acceptors (Lipinski definition) is 5. The van der Waals surface area contributed by atoms with Crippen molar-refractivity contribution < 1.29 is 23.8 Å². The minimum atomic E-state index is -0.841. The summed E-state index contributed by atoms with van der Waals surface area (Å²) in [6, 6.07) is 8.83. The Labute approximate surface area is 175 Å². The first-order valence-corrected chi connectivity index (χ1v) is 10.6. The van der Waals surface area contributed by atoms with Crippen LogP contribution in [-0.4, -0.2) is 52.8 Å². The number of rotatable bonds is 10. The first kappa shape index (κ1) is 23.7. The van der Waals surface area contributed by atoms with Crippen molar-refractivity contribution in [1.29, 1.82) is 0 Å². The highest BCUT2D eigenvalue weighted by Gasteiger charge is 2.34. The van der Waals surface area contributed by atoms with Gasteiger partial charge in [0.05, 0.1) is 19.8 Å². The summed E-state index contributed by atoms with van der Waals surface area (Å²) in [7, 11) is 0. The number of benzene rings is 1. The number of amides is 1. The van der Waals surface area contributed by atoms with E-state index >= 15 is 0 Å². The Kier molecular flexibility index (Phi) is 10.7. The van der Waals surface area contributed by atoms with Crippen molar-refractivity contribution in [3.63, 3.8) is 0 Å². The maximum absolute atomic E-state index is 12.7. The van der Waals surface area contributed by atoms with Gasteiger partial charge in [-0.3, -0.25) is 4.90 Å². The molecule has 7 heteroatoms. The topological polar surface area (TPSA) is 65.1 Å². The number of ether oxygens (including phenoxy) is 3. The van der Waals surface area contributed by atoms with Gasteiger partial charge in [0.2, 0.25) is 0 Å². The van der Waals surface area contributed by atoms with Crippen LogP contribution in [0.2, 0.25) is 0 Å². The average molecular weight is 491 g/mol. The summed E-state index contributed by atoms with van der Waals surface area (Å²) in [6.45, 7) is 8.17. The van der Waals surface area contributed by atoms with Crippen LogP contribution < -0.4 is 0 Å². The molecule has 0 radical (unpaired) electrons. The summed E-state index contributed by atoms with van der Waals surface area (Å²) in [5.74, 6) is -0.482. The minimum absolute atomic E-state index is 0.0498. The Balaban J connectivity index is 2.88. The molecule has 0 bridgehead atoms. The number of nitrogens with zero attached hydrogens (tertiary/aromatic N) is 1. The molecule has 0 aliphatic carbocycles. The average Bonchev–Trinajstić information content (AvgIpc) is 2.60. The molecule has 0 N–H and O–H groups in total. The molecular weight excluding hydrogens is 461 g/mol. The molecule has 27 heavy (non-hydrogen) atoms. The number of halogens is 1. The number of esters is 1. The Morgan fingerprint density at radius 2 is 1.85 bits per heavy atom. The number of carbonyl (C=O) groups excluding carboxylic acids is 2. The molecule has 1 aromatic carbocycles. The van der Waals surface area contributed by atoms with Gasteiger partial charge in [-0.15, -0.1) is 0 Å². The third kappa shape index (κ3) is 9.41. The lowest BCUT2D eigenvalue weighted by Crippen LogP contribution is -2.50. The number of alkyl halides is 1. The van der Waals surface area contributed by atoms with Gasteiger partial charge in [-0.05, 0) is 39.7 Å². The molecule has 1 aromatic rings. The number of carbonyl (C=O) groups is 2. The van der Waals surface area contributed by atoms with Gasteiger partial charge in [0.25, 0.3) is 0 Å². The van der Waals surface area contributed by atoms with Gasteiger partial charge in [0.1, 0.15) is 5.60 Å². The molecule has 0 heterocycles. The highest BCUT2D eigenvalue weighted by molar-refractivity contribution is 14.1. The number of hydrogen-bond donors (Lipinski definition) is 0. The summed E-state index contributed by atoms with van der Waals surface area (Å²) >= 11 is 2.24. The predicted molar refractivity (Wildman–Crippen MR) is 113 cm³/mol. The van der Waals surface area contributed by atoms with E-state index in [4.69, 9.17) is 14.2 Å². The highest BCUT2D eigenvalue weighted by Crippen LogP contribution is 2.15. The minimum Gasteiger partial charge on any atom is -0.464 e. The monoisotopic (exact) mass is 491 g/mol. The first-order valence-electron chi connectivity index (χ1n) is 9.12. The molecule has 1 amide bonds. The Morgan fingerprint density at radius 1 is 1.19 bits per heavy atom. The molecule has 0 aromatic heterocycles. The van der Waals surface area contributed by atoms with E-state index < -0.39 is 23.7 Å². The third-order valence-electron chi connectivity index (χ3n) is 3.48. The van der Waals surface area contributed by atoms with Crippen molar-refractivity contribution in [1.82, 2.24) is 4.90 Å². The fraction of sp³-hybridized carbons (Fsp3) is 0.600. The van der Waals surface area contributed by atoms with Crippen LogP contribution in [0, 0.1) is 0 Å². The van der Waals surface area contributed by atoms with E-state index in [1.807, 2.05) is 30.3 Å². The van der Waals surface area contributed by atoms with Crippen molar-refractivity contribution in [2.75, 3.05) is 24.2 Å². The largest absolute Gasteiger partial charge is 0.464 e. The quantitative estimate of drug-likeness (QED) is 0.279. The van der Waals surface area contributed by atoms with E-state index in [0.717, 1.165) is 16.4 Å². The predicted octanol–water partition coefficient (Wildman–Crippen LogP) is 4.20. The molecule has 0 aliphatic rings. The molecular formula is C20H30INO5. The summed E-state index contributed by atoms with van der Waals surface area (Å²) in [4.78, 5) is 26.6. The molecule has 0 saturated carbocycles. The van der Waals surface area contributed by atoms with Crippen molar-refractivity contribution in [2.24, 2.45) is 0 Å². The zero-order chi connectivity index (χ0) is 20.3. The summed E-state index contributed by atoms with van der Waals surface area (Å²) in [5, 5.41) is 0. The molecule has 1 rings (SSSR count). The first-order chi connectivity index (χ1) is 12.8. The molecule has 6 nitrogen and oxygen atoms in total. The Bertz CT molecular complexity index is 573. The molecule has 0 fully saturated rings. The fourth-order valence-electron chi connectivity index (χ4n) is 2.31. The van der Waals surface area contributed by atoms with Gasteiger partial charge in [-0.25, -0.2) is 9.59 Å². The lowest BCUT2D eigenvalue weighted by Gasteiger charge is -2.32. The van der Waals surface area contributed by atoms with Crippen LogP contribution in [-0.2, 0) is 25.6 Å². The lowest BCUT2D eigenvalue weighted by molar-refractivity contribution is -0.152. The molecule has 0 saturated heterocycles. The van der Waals surface area contributed by atoms with Crippen molar-refractivity contribution in [2.45, 2.75) is 52.4 Å². The van der Waals surface area contributed by atoms with Gasteiger partial charge in [-0.1, -0.05) is 52.9 Å². The zero-order valence-electron chi connectivity index (χ0n) is 16.6. The SMILES string of the molecule is CCOC(=O)[C@H](COCc1ccccc1)N(CCCI)C(=O)OC(C)(C)C. The normalized spacial score (nSPS) is 12.3. The van der Waals surface area contributed by atoms with Crippen LogP contribution in [0.3, 0.4) is 0 Å². The highest BCUT2D eigenvalue weighted by atomic mass is 127. The molecule has 0 spiro atoms. The van der Waals surface area contributed by atoms with Crippen molar-refractivity contribution >= 4 is 34.7 Å². The molecule has 0 aliphatic heterocycles. The van der Waals surface area contributed by atoms with Gasteiger partial charge in [0.15, 0.2) is 6.04 Å². The Hall–Kier alpha value is -1.35. The van der Waals surface area contributed by atoms with E-state index in [9.17, 15) is 9.59 Å². The standard InChI is InChI=1S/C20H30INO5/c1-5-26-18(23)17(15-25-14-16-10-7-6-8-11-16)22(13-9-12-21)19(24)27-20(2,3)4/h6-8,10-11,17H,5,9,12-15H2,1-4H3/t17-/m0/s1. The van der Waals surface area contributed by atoms with E-state index in [-0.39, 0.29) is 13.2 Å². The smallest absolute Gasteiger partial charge is 0.411 e. The van der Waals surface area contributed by atoms with Crippen LogP contribution in [0.4, 0.5) is 4.79 Å². The molecule has 152 valence electrons. The zero-order valence-corrected chi connectivity index (χ0v) is 18.7. The molecule has 1 atom stereocenters. The maximum Gasteiger partial charge on any atom is 0.411 e. The lowest BCUT2D eigenvalue weighted by atomic mass is 10.2. The summed E-state index contributed by atoms with van der Waals surface area (Å²) in [5.41, 5.74) is 0.347. The Morgan fingerprint density at radius 3 is 2.41 bits per heavy atom. The van der Waals surface area contributed by atoms with Crippen LogP contribution in [0.25, 0.3) is 0 Å². The van der Waals surface area contributed by atoms with Gasteiger partial charge < -0.3 is 14.2 Å². The summed E-state index contributed by atoms with van der Waals surface area (Å²) < 4.78 is 17.3.